The van der Waals surface area contributed by atoms with Gasteiger partial charge >= 0.3 is 0 Å². The van der Waals surface area contributed by atoms with Gasteiger partial charge in [0.05, 0.1) is 13.2 Å². The normalized spacial score (nSPS) is 11.7. The Morgan fingerprint density at radius 2 is 1.11 bits per heavy atom. The Labute approximate surface area is 268 Å². The molecule has 0 aliphatic rings. The first-order valence-electron chi connectivity index (χ1n) is 15.4. The molecule has 0 fully saturated rings. The Morgan fingerprint density at radius 1 is 0.543 bits per heavy atom. The summed E-state index contributed by atoms with van der Waals surface area (Å²) in [4.78, 5) is 0. The molecule has 2 N–H and O–H groups in total. The van der Waals surface area contributed by atoms with Crippen molar-refractivity contribution in [3.63, 3.8) is 0 Å². The van der Waals surface area contributed by atoms with Crippen molar-refractivity contribution >= 4 is 44.6 Å². The highest BCUT2D eigenvalue weighted by Gasteiger charge is 2.34. The molecule has 0 atom stereocenters. The van der Waals surface area contributed by atoms with Gasteiger partial charge in [-0.3, -0.25) is 0 Å². The second-order valence-electron chi connectivity index (χ2n) is 11.4. The maximum absolute atomic E-state index is 15.8. The van der Waals surface area contributed by atoms with Crippen LogP contribution in [0, 0.1) is 0 Å². The summed E-state index contributed by atoms with van der Waals surface area (Å²) in [5.41, 5.74) is 2.83. The van der Waals surface area contributed by atoms with Crippen LogP contribution in [0.5, 0.6) is 11.5 Å². The Morgan fingerprint density at radius 3 is 1.78 bits per heavy atom. The first-order chi connectivity index (χ1) is 22.6. The minimum Gasteiger partial charge on any atom is -0.508 e. The van der Waals surface area contributed by atoms with Crippen LogP contribution in [-0.2, 0) is 22.3 Å². The van der Waals surface area contributed by atoms with E-state index in [-0.39, 0.29) is 18.1 Å². The fourth-order valence-electron chi connectivity index (χ4n) is 6.33. The lowest BCUT2D eigenvalue weighted by atomic mass is 9.91. The summed E-state index contributed by atoms with van der Waals surface area (Å²) in [6.07, 6.45) is 0.540. The van der Waals surface area contributed by atoms with Crippen LogP contribution >= 0.6 is 7.14 Å². The molecule has 0 saturated carbocycles. The fourth-order valence-corrected chi connectivity index (χ4v) is 9.20. The third-order valence-corrected chi connectivity index (χ3v) is 11.7. The minimum absolute atomic E-state index is 0.103. The standard InChI is InChI=1S/C41H33O4P/c42-37-22-12-9-14-30(37)25-26-45-28-32-27-31-15-8-11-21-36(31)40(41(32)43)39-35-20-10-7-13-29(35)23-24-38(39)46(44,33-16-3-1-4-17-33)34-18-5-2-6-19-34/h1-24,27,42-43H,25-26,28H2. The molecule has 7 aromatic carbocycles. The highest BCUT2D eigenvalue weighted by atomic mass is 31.2. The SMILES string of the molecule is O=P(c1ccccc1)(c1ccccc1)c1ccc2ccccc2c1-c1c(O)c(COCCc2ccccc2O)cc2ccccc12. The fraction of sp³-hybridized carbons (Fsp3) is 0.0732. The van der Waals surface area contributed by atoms with Crippen molar-refractivity contribution in [3.8, 4) is 22.6 Å². The first-order valence-corrected chi connectivity index (χ1v) is 17.1. The van der Waals surface area contributed by atoms with Gasteiger partial charge < -0.3 is 19.5 Å². The van der Waals surface area contributed by atoms with Crippen molar-refractivity contribution in [2.75, 3.05) is 6.61 Å². The van der Waals surface area contributed by atoms with E-state index < -0.39 is 7.14 Å². The number of hydrogen-bond acceptors (Lipinski definition) is 4. The average molecular weight is 621 g/mol. The number of benzene rings is 7. The van der Waals surface area contributed by atoms with Crippen molar-refractivity contribution in [2.45, 2.75) is 13.0 Å². The molecule has 4 nitrogen and oxygen atoms in total. The summed E-state index contributed by atoms with van der Waals surface area (Å²) in [5, 5.41) is 28.2. The highest BCUT2D eigenvalue weighted by Crippen LogP contribution is 2.50. The van der Waals surface area contributed by atoms with E-state index in [2.05, 4.69) is 0 Å². The molecule has 0 amide bonds. The van der Waals surface area contributed by atoms with Gasteiger partial charge in [0.1, 0.15) is 11.5 Å². The molecule has 0 radical (unpaired) electrons. The zero-order valence-corrected chi connectivity index (χ0v) is 26.1. The van der Waals surface area contributed by atoms with E-state index in [1.807, 2.05) is 140 Å². The highest BCUT2D eigenvalue weighted by molar-refractivity contribution is 7.85. The van der Waals surface area contributed by atoms with E-state index in [1.54, 1.807) is 12.1 Å². The largest absolute Gasteiger partial charge is 0.508 e. The van der Waals surface area contributed by atoms with Crippen molar-refractivity contribution in [3.05, 3.63) is 163 Å². The molecule has 46 heavy (non-hydrogen) atoms. The third kappa shape index (κ3) is 5.37. The van der Waals surface area contributed by atoms with Crippen LogP contribution in [-0.4, -0.2) is 16.8 Å². The van der Waals surface area contributed by atoms with E-state index >= 15 is 4.57 Å². The van der Waals surface area contributed by atoms with E-state index in [0.29, 0.717) is 29.5 Å². The quantitative estimate of drug-likeness (QED) is 0.126. The Hall–Kier alpha value is -5.15. The van der Waals surface area contributed by atoms with E-state index in [4.69, 9.17) is 4.74 Å². The summed E-state index contributed by atoms with van der Waals surface area (Å²) < 4.78 is 21.9. The smallest absolute Gasteiger partial charge is 0.171 e. The molecule has 7 rings (SSSR count). The zero-order valence-electron chi connectivity index (χ0n) is 25.2. The van der Waals surface area contributed by atoms with Gasteiger partial charge in [0.2, 0.25) is 0 Å². The molecular formula is C41H33O4P. The molecule has 7 aromatic rings. The van der Waals surface area contributed by atoms with Gasteiger partial charge in [-0.1, -0.05) is 133 Å². The van der Waals surface area contributed by atoms with E-state index in [1.165, 1.54) is 0 Å². The van der Waals surface area contributed by atoms with Gasteiger partial charge in [0.25, 0.3) is 0 Å². The Kier molecular flexibility index (Phi) is 8.15. The first kappa shape index (κ1) is 29.6. The molecule has 0 bridgehead atoms. The van der Waals surface area contributed by atoms with Gasteiger partial charge in [-0.15, -0.1) is 0 Å². The van der Waals surface area contributed by atoms with Crippen LogP contribution in [0.15, 0.2) is 152 Å². The second-order valence-corrected chi connectivity index (χ2v) is 14.1. The molecular weight excluding hydrogens is 587 g/mol. The molecule has 0 aliphatic carbocycles. The zero-order chi connectivity index (χ0) is 31.5. The van der Waals surface area contributed by atoms with Crippen LogP contribution in [0.4, 0.5) is 0 Å². The lowest BCUT2D eigenvalue weighted by Gasteiger charge is -2.25. The molecule has 0 saturated heterocycles. The molecule has 5 heteroatoms. The van der Waals surface area contributed by atoms with Crippen molar-refractivity contribution in [1.82, 2.24) is 0 Å². The van der Waals surface area contributed by atoms with Crippen molar-refractivity contribution in [1.29, 1.82) is 0 Å². The number of hydrogen-bond donors (Lipinski definition) is 2. The number of rotatable bonds is 9. The lowest BCUT2D eigenvalue weighted by Crippen LogP contribution is -2.26. The van der Waals surface area contributed by atoms with Crippen molar-refractivity contribution in [2.24, 2.45) is 0 Å². The van der Waals surface area contributed by atoms with Gasteiger partial charge in [0.15, 0.2) is 7.14 Å². The predicted octanol–water partition coefficient (Wildman–Crippen LogP) is 8.47. The Balaban J connectivity index is 1.45. The third-order valence-electron chi connectivity index (χ3n) is 8.60. The summed E-state index contributed by atoms with van der Waals surface area (Å²) >= 11 is 0. The molecule has 0 spiro atoms. The minimum atomic E-state index is -3.43. The van der Waals surface area contributed by atoms with Crippen molar-refractivity contribution < 1.29 is 19.5 Å². The summed E-state index contributed by atoms with van der Waals surface area (Å²) in [5.74, 6) is 0.346. The van der Waals surface area contributed by atoms with Crippen LogP contribution in [0.1, 0.15) is 11.1 Å². The number of fused-ring (bicyclic) bond motifs is 2. The lowest BCUT2D eigenvalue weighted by molar-refractivity contribution is 0.122. The average Bonchev–Trinajstić information content (AvgIpc) is 3.11. The number of phenols is 2. The monoisotopic (exact) mass is 620 g/mol. The summed E-state index contributed by atoms with van der Waals surface area (Å²) in [6, 6.07) is 48.5. The van der Waals surface area contributed by atoms with Crippen LogP contribution in [0.2, 0.25) is 0 Å². The summed E-state index contributed by atoms with van der Waals surface area (Å²) in [7, 11) is -3.43. The molecule has 226 valence electrons. The number of aromatic hydroxyl groups is 2. The summed E-state index contributed by atoms with van der Waals surface area (Å²) in [6.45, 7) is 0.544. The number of ether oxygens (including phenoxy) is 1. The van der Waals surface area contributed by atoms with Crippen LogP contribution < -0.4 is 15.9 Å². The van der Waals surface area contributed by atoms with Crippen LogP contribution in [0.3, 0.4) is 0 Å². The van der Waals surface area contributed by atoms with E-state index in [9.17, 15) is 10.2 Å². The van der Waals surface area contributed by atoms with Gasteiger partial charge in [-0.25, -0.2) is 0 Å². The van der Waals surface area contributed by atoms with Crippen LogP contribution in [0.25, 0.3) is 32.7 Å². The van der Waals surface area contributed by atoms with Gasteiger partial charge in [-0.05, 0) is 51.7 Å². The van der Waals surface area contributed by atoms with Gasteiger partial charge in [0, 0.05) is 32.6 Å². The Bertz CT molecular complexity index is 2170. The maximum atomic E-state index is 15.8. The maximum Gasteiger partial charge on any atom is 0.171 e. The second kappa shape index (κ2) is 12.7. The molecule has 0 aliphatic heterocycles. The number of phenolic OH excluding ortho intramolecular Hbond substituents is 2. The molecule has 0 aromatic heterocycles. The van der Waals surface area contributed by atoms with Gasteiger partial charge in [-0.2, -0.15) is 0 Å². The van der Waals surface area contributed by atoms with E-state index in [0.717, 1.165) is 43.3 Å². The predicted molar refractivity (Wildman–Crippen MR) is 189 cm³/mol. The topological polar surface area (TPSA) is 66.8 Å². The molecule has 0 unspecified atom stereocenters. The number of para-hydroxylation sites is 1. The molecule has 0 heterocycles.